The molecule has 1 unspecified atom stereocenters. The van der Waals surface area contributed by atoms with Crippen LogP contribution in [0.15, 0.2) is 108 Å². The zero-order chi connectivity index (χ0) is 33.1. The van der Waals surface area contributed by atoms with Crippen molar-refractivity contribution in [2.24, 2.45) is 0 Å². The number of nitrogens with zero attached hydrogens (tertiary/aromatic N) is 2. The molecule has 0 radical (unpaired) electrons. The molecule has 0 bridgehead atoms. The van der Waals surface area contributed by atoms with Crippen LogP contribution in [0.1, 0.15) is 30.9 Å². The molecule has 0 heterocycles. The van der Waals surface area contributed by atoms with Crippen molar-refractivity contribution in [3.8, 4) is 5.75 Å². The van der Waals surface area contributed by atoms with Crippen LogP contribution < -0.4 is 14.4 Å². The van der Waals surface area contributed by atoms with Crippen LogP contribution in [-0.4, -0.2) is 51.4 Å². The second-order valence-electron chi connectivity index (χ2n) is 10.6. The second-order valence-corrected chi connectivity index (χ2v) is 13.3. The molecule has 4 aromatic carbocycles. The van der Waals surface area contributed by atoms with Gasteiger partial charge in [0.15, 0.2) is 0 Å². The third-order valence-corrected chi connectivity index (χ3v) is 9.92. The molecule has 0 saturated heterocycles. The van der Waals surface area contributed by atoms with Crippen molar-refractivity contribution in [1.29, 1.82) is 0 Å². The third kappa shape index (κ3) is 9.02. The molecule has 0 aromatic heterocycles. The van der Waals surface area contributed by atoms with Crippen molar-refractivity contribution < 1.29 is 22.7 Å². The molecule has 4 aromatic rings. The summed E-state index contributed by atoms with van der Waals surface area (Å²) in [7, 11) is -2.71. The molecule has 1 atom stereocenters. The van der Waals surface area contributed by atoms with Crippen LogP contribution in [0.2, 0.25) is 10.0 Å². The Morgan fingerprint density at radius 1 is 0.848 bits per heavy atom. The normalized spacial score (nSPS) is 11.8. The van der Waals surface area contributed by atoms with Gasteiger partial charge in [-0.3, -0.25) is 13.9 Å². The molecule has 11 heteroatoms. The van der Waals surface area contributed by atoms with Crippen LogP contribution in [0, 0.1) is 0 Å². The van der Waals surface area contributed by atoms with Crippen molar-refractivity contribution >= 4 is 50.7 Å². The van der Waals surface area contributed by atoms with Gasteiger partial charge in [-0.25, -0.2) is 8.42 Å². The number of ether oxygens (including phenoxy) is 1. The Morgan fingerprint density at radius 2 is 1.52 bits per heavy atom. The first-order chi connectivity index (χ1) is 22.1. The number of rotatable bonds is 15. The first-order valence-corrected chi connectivity index (χ1v) is 17.1. The Hall–Kier alpha value is -4.05. The van der Waals surface area contributed by atoms with E-state index in [1.807, 2.05) is 43.3 Å². The molecule has 0 aliphatic heterocycles. The molecule has 4 rings (SSSR count). The number of nitrogens with one attached hydrogen (secondary N) is 1. The SMILES string of the molecule is CCCCNC(=O)C(Cc1ccccc1)N(Cc1cccc(OC)c1)C(=O)CN(c1ccc(Cl)c(Cl)c1)S(=O)(=O)c1ccccc1. The number of anilines is 1. The minimum absolute atomic E-state index is 0.00800. The van der Waals surface area contributed by atoms with Crippen LogP contribution in [0.25, 0.3) is 0 Å². The summed E-state index contributed by atoms with van der Waals surface area (Å²) in [6.45, 7) is 1.89. The lowest BCUT2D eigenvalue weighted by atomic mass is 10.0. The lowest BCUT2D eigenvalue weighted by Gasteiger charge is -2.34. The van der Waals surface area contributed by atoms with Gasteiger partial charge in [0.25, 0.3) is 10.0 Å². The third-order valence-electron chi connectivity index (χ3n) is 7.39. The number of hydrogen-bond donors (Lipinski definition) is 1. The first-order valence-electron chi connectivity index (χ1n) is 14.9. The number of hydrogen-bond acceptors (Lipinski definition) is 5. The van der Waals surface area contributed by atoms with Gasteiger partial charge < -0.3 is 15.0 Å². The Balaban J connectivity index is 1.81. The zero-order valence-corrected chi connectivity index (χ0v) is 28.1. The Kier molecular flexibility index (Phi) is 12.5. The fraction of sp³-hybridized carbons (Fsp3) is 0.257. The summed E-state index contributed by atoms with van der Waals surface area (Å²) >= 11 is 12.5. The first kappa shape index (κ1) is 34.8. The molecule has 2 amide bonds. The fourth-order valence-electron chi connectivity index (χ4n) is 4.92. The molecule has 8 nitrogen and oxygen atoms in total. The van der Waals surface area contributed by atoms with Gasteiger partial charge in [0, 0.05) is 19.5 Å². The molecule has 0 saturated carbocycles. The predicted molar refractivity (Wildman–Crippen MR) is 183 cm³/mol. The highest BCUT2D eigenvalue weighted by atomic mass is 35.5. The Morgan fingerprint density at radius 3 is 2.17 bits per heavy atom. The number of halogens is 2. The molecule has 0 spiro atoms. The minimum atomic E-state index is -4.25. The van der Waals surface area contributed by atoms with Crippen LogP contribution in [0.5, 0.6) is 5.75 Å². The van der Waals surface area contributed by atoms with Crippen molar-refractivity contribution in [3.63, 3.8) is 0 Å². The molecule has 1 N–H and O–H groups in total. The average molecular weight is 683 g/mol. The fourth-order valence-corrected chi connectivity index (χ4v) is 6.64. The van der Waals surface area contributed by atoms with Crippen LogP contribution in [-0.2, 0) is 32.6 Å². The lowest BCUT2D eigenvalue weighted by Crippen LogP contribution is -2.53. The number of carbonyl (C=O) groups is 2. The van der Waals surface area contributed by atoms with E-state index in [-0.39, 0.29) is 39.5 Å². The monoisotopic (exact) mass is 681 g/mol. The standard InChI is InChI=1S/C35H37Cl2N3O5S/c1-3-4-20-38-35(42)33(22-26-12-7-5-8-13-26)39(24-27-14-11-15-29(21-27)45-2)34(41)25-40(28-18-19-31(36)32(37)23-28)46(43,44)30-16-9-6-10-17-30/h5-19,21,23,33H,3-4,20,22,24-25H2,1-2H3,(H,38,42). The van der Waals surface area contributed by atoms with Gasteiger partial charge >= 0.3 is 0 Å². The highest BCUT2D eigenvalue weighted by Gasteiger charge is 2.34. The number of sulfonamides is 1. The van der Waals surface area contributed by atoms with E-state index in [1.54, 1.807) is 43.5 Å². The Labute approximate surface area is 280 Å². The summed E-state index contributed by atoms with van der Waals surface area (Å²) in [5.74, 6) is -0.332. The van der Waals surface area contributed by atoms with E-state index >= 15 is 0 Å². The number of methoxy groups -OCH3 is 1. The maximum absolute atomic E-state index is 14.5. The molecular weight excluding hydrogens is 645 g/mol. The number of amides is 2. The maximum Gasteiger partial charge on any atom is 0.264 e. The lowest BCUT2D eigenvalue weighted by molar-refractivity contribution is -0.140. The summed E-state index contributed by atoms with van der Waals surface area (Å²) < 4.78 is 34.6. The van der Waals surface area contributed by atoms with Gasteiger partial charge in [0.1, 0.15) is 18.3 Å². The van der Waals surface area contributed by atoms with Gasteiger partial charge in [-0.05, 0) is 60.0 Å². The molecule has 242 valence electrons. The number of benzene rings is 4. The van der Waals surface area contributed by atoms with Gasteiger partial charge in [0.05, 0.1) is 27.7 Å². The van der Waals surface area contributed by atoms with Crippen LogP contribution in [0.4, 0.5) is 5.69 Å². The van der Waals surface area contributed by atoms with E-state index in [4.69, 9.17) is 27.9 Å². The van der Waals surface area contributed by atoms with Crippen LogP contribution in [0.3, 0.4) is 0 Å². The molecule has 0 aliphatic carbocycles. The largest absolute Gasteiger partial charge is 0.497 e. The van der Waals surface area contributed by atoms with E-state index in [1.165, 1.54) is 35.2 Å². The van der Waals surface area contributed by atoms with Crippen molar-refractivity contribution in [1.82, 2.24) is 10.2 Å². The maximum atomic E-state index is 14.5. The topological polar surface area (TPSA) is 96.0 Å². The highest BCUT2D eigenvalue weighted by molar-refractivity contribution is 7.92. The smallest absolute Gasteiger partial charge is 0.264 e. The molecule has 0 fully saturated rings. The summed E-state index contributed by atoms with van der Waals surface area (Å²) in [5, 5.41) is 3.35. The summed E-state index contributed by atoms with van der Waals surface area (Å²) in [4.78, 5) is 29.8. The van der Waals surface area contributed by atoms with E-state index < -0.39 is 28.5 Å². The van der Waals surface area contributed by atoms with Crippen molar-refractivity contribution in [2.75, 3.05) is 24.5 Å². The average Bonchev–Trinajstić information content (AvgIpc) is 3.07. The Bertz CT molecular complexity index is 1720. The molecule has 0 aliphatic rings. The second kappa shape index (κ2) is 16.5. The van der Waals surface area contributed by atoms with Crippen molar-refractivity contribution in [3.05, 3.63) is 124 Å². The highest BCUT2D eigenvalue weighted by Crippen LogP contribution is 2.31. The summed E-state index contributed by atoms with van der Waals surface area (Å²) in [6, 6.07) is 27.8. The van der Waals surface area contributed by atoms with Gasteiger partial charge in [-0.2, -0.15) is 0 Å². The minimum Gasteiger partial charge on any atom is -0.497 e. The predicted octanol–water partition coefficient (Wildman–Crippen LogP) is 6.75. The number of carbonyl (C=O) groups excluding carboxylic acids is 2. The van der Waals surface area contributed by atoms with E-state index in [2.05, 4.69) is 5.32 Å². The zero-order valence-electron chi connectivity index (χ0n) is 25.7. The van der Waals surface area contributed by atoms with Gasteiger partial charge in [-0.15, -0.1) is 0 Å². The molecule has 46 heavy (non-hydrogen) atoms. The van der Waals surface area contributed by atoms with E-state index in [0.717, 1.165) is 22.7 Å². The molecular formula is C35H37Cl2N3O5S. The van der Waals surface area contributed by atoms with E-state index in [0.29, 0.717) is 17.9 Å². The number of unbranched alkanes of at least 4 members (excludes halogenated alkanes) is 1. The van der Waals surface area contributed by atoms with Gasteiger partial charge in [0.2, 0.25) is 11.8 Å². The summed E-state index contributed by atoms with van der Waals surface area (Å²) in [5.41, 5.74) is 1.71. The van der Waals surface area contributed by atoms with Crippen molar-refractivity contribution in [2.45, 2.75) is 43.7 Å². The quantitative estimate of drug-likeness (QED) is 0.140. The summed E-state index contributed by atoms with van der Waals surface area (Å²) in [6.07, 6.45) is 1.87. The van der Waals surface area contributed by atoms with Crippen LogP contribution >= 0.6 is 23.2 Å². The van der Waals surface area contributed by atoms with E-state index in [9.17, 15) is 18.0 Å². The van der Waals surface area contributed by atoms with Gasteiger partial charge in [-0.1, -0.05) is 97.2 Å².